The number of anilines is 2. The molecule has 0 atom stereocenters. The van der Waals surface area contributed by atoms with Crippen LogP contribution >= 0.6 is 0 Å². The standard InChI is InChI=1S/C25H22F2N2O5/c1-32-18-9-6-16(7-10-18)19-14-17(8-11-21(19)34-25(26)27)28-23(30)12-13-29-20-4-2-3-5-22(20)33-15-24(29)31/h2-11,14,25H,12-13,15H2,1H3,(H,28,30). The van der Waals surface area contributed by atoms with Gasteiger partial charge in [0.25, 0.3) is 5.91 Å². The lowest BCUT2D eigenvalue weighted by Crippen LogP contribution is -2.40. The van der Waals surface area contributed by atoms with Gasteiger partial charge in [0.05, 0.1) is 12.8 Å². The molecule has 0 aromatic heterocycles. The van der Waals surface area contributed by atoms with E-state index in [2.05, 4.69) is 10.1 Å². The zero-order valence-corrected chi connectivity index (χ0v) is 18.3. The predicted molar refractivity (Wildman–Crippen MR) is 123 cm³/mol. The van der Waals surface area contributed by atoms with E-state index in [0.717, 1.165) is 0 Å². The van der Waals surface area contributed by atoms with Gasteiger partial charge in [-0.2, -0.15) is 8.78 Å². The lowest BCUT2D eigenvalue weighted by Gasteiger charge is -2.29. The van der Waals surface area contributed by atoms with Crippen LogP contribution in [0.15, 0.2) is 66.7 Å². The Bertz CT molecular complexity index is 1180. The van der Waals surface area contributed by atoms with Crippen LogP contribution in [0.3, 0.4) is 0 Å². The Morgan fingerprint density at radius 1 is 1.12 bits per heavy atom. The molecule has 9 heteroatoms. The highest BCUT2D eigenvalue weighted by Gasteiger charge is 2.25. The number of methoxy groups -OCH3 is 1. The van der Waals surface area contributed by atoms with Crippen LogP contribution < -0.4 is 24.4 Å². The van der Waals surface area contributed by atoms with Crippen LogP contribution in [0.4, 0.5) is 20.2 Å². The van der Waals surface area contributed by atoms with E-state index in [4.69, 9.17) is 9.47 Å². The SMILES string of the molecule is COc1ccc(-c2cc(NC(=O)CCN3C(=O)COc4ccccc43)ccc2OC(F)F)cc1. The number of carbonyl (C=O) groups excluding carboxylic acids is 2. The zero-order valence-electron chi connectivity index (χ0n) is 18.3. The number of carbonyl (C=O) groups is 2. The lowest BCUT2D eigenvalue weighted by atomic mass is 10.0. The summed E-state index contributed by atoms with van der Waals surface area (Å²) < 4.78 is 41.0. The molecule has 1 heterocycles. The molecule has 3 aromatic carbocycles. The maximum absolute atomic E-state index is 12.9. The third-order valence-electron chi connectivity index (χ3n) is 5.25. The monoisotopic (exact) mass is 468 g/mol. The Hall–Kier alpha value is -4.14. The molecule has 2 amide bonds. The van der Waals surface area contributed by atoms with Crippen molar-refractivity contribution in [2.24, 2.45) is 0 Å². The summed E-state index contributed by atoms with van der Waals surface area (Å²) in [5.41, 5.74) is 2.02. The molecule has 0 fully saturated rings. The van der Waals surface area contributed by atoms with Gasteiger partial charge < -0.3 is 24.4 Å². The maximum atomic E-state index is 12.9. The average molecular weight is 468 g/mol. The molecule has 0 radical (unpaired) electrons. The second-order valence-electron chi connectivity index (χ2n) is 7.42. The number of rotatable bonds is 8. The van der Waals surface area contributed by atoms with Crippen molar-refractivity contribution < 1.29 is 32.6 Å². The third-order valence-corrected chi connectivity index (χ3v) is 5.25. The van der Waals surface area contributed by atoms with Crippen molar-refractivity contribution in [3.63, 3.8) is 0 Å². The number of hydrogen-bond acceptors (Lipinski definition) is 5. The summed E-state index contributed by atoms with van der Waals surface area (Å²) in [6.07, 6.45) is 0.0349. The first kappa shape index (κ1) is 23.0. The zero-order chi connectivity index (χ0) is 24.1. The number of nitrogens with one attached hydrogen (secondary N) is 1. The van der Waals surface area contributed by atoms with Crippen molar-refractivity contribution in [3.05, 3.63) is 66.7 Å². The van der Waals surface area contributed by atoms with Crippen LogP contribution in [0.2, 0.25) is 0 Å². The van der Waals surface area contributed by atoms with Gasteiger partial charge in [0, 0.05) is 24.2 Å². The van der Waals surface area contributed by atoms with Crippen LogP contribution in [0, 0.1) is 0 Å². The minimum Gasteiger partial charge on any atom is -0.497 e. The minimum absolute atomic E-state index is 0.0197. The van der Waals surface area contributed by atoms with Crippen LogP contribution in [-0.2, 0) is 9.59 Å². The Balaban J connectivity index is 1.49. The molecule has 0 saturated heterocycles. The van der Waals surface area contributed by atoms with Crippen molar-refractivity contribution in [2.75, 3.05) is 30.5 Å². The number of benzene rings is 3. The van der Waals surface area contributed by atoms with Crippen molar-refractivity contribution in [1.29, 1.82) is 0 Å². The van der Waals surface area contributed by atoms with E-state index in [0.29, 0.717) is 34.0 Å². The van der Waals surface area contributed by atoms with E-state index >= 15 is 0 Å². The van der Waals surface area contributed by atoms with Crippen LogP contribution in [0.25, 0.3) is 11.1 Å². The molecular weight excluding hydrogens is 446 g/mol. The van der Waals surface area contributed by atoms with Gasteiger partial charge in [-0.05, 0) is 48.0 Å². The molecule has 3 aromatic rings. The third kappa shape index (κ3) is 5.25. The normalized spacial score (nSPS) is 12.7. The average Bonchev–Trinajstić information content (AvgIpc) is 2.84. The summed E-state index contributed by atoms with van der Waals surface area (Å²) in [7, 11) is 1.53. The van der Waals surface area contributed by atoms with Gasteiger partial charge >= 0.3 is 6.61 Å². The van der Waals surface area contributed by atoms with E-state index < -0.39 is 6.61 Å². The minimum atomic E-state index is -2.99. The van der Waals surface area contributed by atoms with E-state index in [1.807, 2.05) is 0 Å². The molecule has 0 spiro atoms. The summed E-state index contributed by atoms with van der Waals surface area (Å²) in [5, 5.41) is 2.76. The molecule has 34 heavy (non-hydrogen) atoms. The van der Waals surface area contributed by atoms with E-state index in [1.54, 1.807) is 54.6 Å². The Kier molecular flexibility index (Phi) is 6.91. The second kappa shape index (κ2) is 10.2. The topological polar surface area (TPSA) is 77.1 Å². The molecule has 0 saturated carbocycles. The predicted octanol–water partition coefficient (Wildman–Crippen LogP) is 4.72. The van der Waals surface area contributed by atoms with Gasteiger partial charge in [0.15, 0.2) is 6.61 Å². The van der Waals surface area contributed by atoms with Gasteiger partial charge in [-0.3, -0.25) is 9.59 Å². The summed E-state index contributed by atoms with van der Waals surface area (Å²) >= 11 is 0. The van der Waals surface area contributed by atoms with Crippen LogP contribution in [0.5, 0.6) is 17.2 Å². The number of hydrogen-bond donors (Lipinski definition) is 1. The van der Waals surface area contributed by atoms with Gasteiger partial charge in [0.2, 0.25) is 5.91 Å². The van der Waals surface area contributed by atoms with Crippen LogP contribution in [0.1, 0.15) is 6.42 Å². The van der Waals surface area contributed by atoms with Gasteiger partial charge in [-0.25, -0.2) is 0 Å². The molecule has 0 aliphatic carbocycles. The first-order chi connectivity index (χ1) is 16.4. The fraction of sp³-hybridized carbons (Fsp3) is 0.200. The second-order valence-corrected chi connectivity index (χ2v) is 7.42. The lowest BCUT2D eigenvalue weighted by molar-refractivity contribution is -0.121. The summed E-state index contributed by atoms with van der Waals surface area (Å²) in [6.45, 7) is -2.91. The van der Waals surface area contributed by atoms with Crippen molar-refractivity contribution in [2.45, 2.75) is 13.0 Å². The highest BCUT2D eigenvalue weighted by molar-refractivity contribution is 5.99. The largest absolute Gasteiger partial charge is 0.497 e. The molecule has 7 nitrogen and oxygen atoms in total. The van der Waals surface area contributed by atoms with Crippen molar-refractivity contribution in [3.8, 4) is 28.4 Å². The number of ether oxygens (including phenoxy) is 3. The van der Waals surface area contributed by atoms with Gasteiger partial charge in [0.1, 0.15) is 17.2 Å². The molecule has 176 valence electrons. The fourth-order valence-corrected chi connectivity index (χ4v) is 3.64. The van der Waals surface area contributed by atoms with Crippen LogP contribution in [-0.4, -0.2) is 38.7 Å². The first-order valence-electron chi connectivity index (χ1n) is 10.5. The number of fused-ring (bicyclic) bond motifs is 1. The number of halogens is 2. The van der Waals surface area contributed by atoms with Gasteiger partial charge in [-0.1, -0.05) is 24.3 Å². The molecule has 1 N–H and O–H groups in total. The van der Waals surface area contributed by atoms with Crippen molar-refractivity contribution >= 4 is 23.2 Å². The smallest absolute Gasteiger partial charge is 0.387 e. The Morgan fingerprint density at radius 2 is 1.88 bits per heavy atom. The molecular formula is C25H22F2N2O5. The summed E-state index contributed by atoms with van der Waals surface area (Å²) in [5.74, 6) is 0.612. The number of para-hydroxylation sites is 2. The molecule has 4 rings (SSSR count). The maximum Gasteiger partial charge on any atom is 0.387 e. The number of alkyl halides is 2. The highest BCUT2D eigenvalue weighted by Crippen LogP contribution is 2.35. The van der Waals surface area contributed by atoms with E-state index in [9.17, 15) is 18.4 Å². The Labute approximate surface area is 194 Å². The van der Waals surface area contributed by atoms with E-state index in [1.165, 1.54) is 24.1 Å². The number of amides is 2. The molecule has 0 bridgehead atoms. The van der Waals surface area contributed by atoms with Crippen molar-refractivity contribution in [1.82, 2.24) is 0 Å². The number of nitrogens with zero attached hydrogens (tertiary/aromatic N) is 1. The Morgan fingerprint density at radius 3 is 2.62 bits per heavy atom. The molecule has 1 aliphatic rings. The molecule has 0 unspecified atom stereocenters. The highest BCUT2D eigenvalue weighted by atomic mass is 19.3. The summed E-state index contributed by atoms with van der Waals surface area (Å²) in [6, 6.07) is 18.4. The summed E-state index contributed by atoms with van der Waals surface area (Å²) in [4.78, 5) is 26.4. The van der Waals surface area contributed by atoms with Gasteiger partial charge in [-0.15, -0.1) is 0 Å². The molecule has 1 aliphatic heterocycles. The first-order valence-corrected chi connectivity index (χ1v) is 10.5. The quantitative estimate of drug-likeness (QED) is 0.518. The fourth-order valence-electron chi connectivity index (χ4n) is 3.64. The van der Waals surface area contributed by atoms with E-state index in [-0.39, 0.29) is 37.1 Å².